The third-order valence-corrected chi connectivity index (χ3v) is 1.58. The van der Waals surface area contributed by atoms with Gasteiger partial charge in [-0.1, -0.05) is 42.8 Å². The van der Waals surface area contributed by atoms with Crippen LogP contribution in [0, 0.1) is 0 Å². The maximum Gasteiger partial charge on any atom is 0.0592 e. The van der Waals surface area contributed by atoms with Crippen LogP contribution in [0.3, 0.4) is 0 Å². The summed E-state index contributed by atoms with van der Waals surface area (Å²) in [5, 5.41) is 14.7. The van der Waals surface area contributed by atoms with Crippen molar-refractivity contribution >= 4 is 35.4 Å². The molecule has 0 radical (unpaired) electrons. The Kier molecular flexibility index (Phi) is 19.2. The predicted molar refractivity (Wildman–Crippen MR) is 61.3 cm³/mol. The van der Waals surface area contributed by atoms with Gasteiger partial charge in [-0.2, -0.15) is 0 Å². The van der Waals surface area contributed by atoms with Gasteiger partial charge in [0.25, 0.3) is 0 Å². The van der Waals surface area contributed by atoms with Gasteiger partial charge < -0.3 is 10.8 Å². The summed E-state index contributed by atoms with van der Waals surface area (Å²) in [4.78, 5) is 16.5. The highest BCUT2D eigenvalue weighted by Gasteiger charge is 1.89. The van der Waals surface area contributed by atoms with E-state index in [1.54, 1.807) is 12.1 Å². The monoisotopic (exact) mass is 246 g/mol. The molecule has 0 aromatic heterocycles. The minimum atomic E-state index is 0. The molecule has 0 aliphatic rings. The lowest BCUT2D eigenvalue weighted by Gasteiger charge is -1.88. The van der Waals surface area contributed by atoms with Crippen LogP contribution in [0.25, 0.3) is 10.8 Å². The highest BCUT2D eigenvalue weighted by atomic mass is 35.5. The van der Waals surface area contributed by atoms with Gasteiger partial charge in [-0.05, 0) is 24.3 Å². The number of isocyanates is 2. The first-order chi connectivity index (χ1) is 6.63. The Balaban J connectivity index is -0.000000177. The average molecular weight is 247 g/mol. The summed E-state index contributed by atoms with van der Waals surface area (Å²) >= 11 is 11.2. The number of hydrogen-bond acceptors (Lipinski definition) is 2. The van der Waals surface area contributed by atoms with Crippen LogP contribution in [0.2, 0.25) is 10.0 Å². The van der Waals surface area contributed by atoms with E-state index in [9.17, 15) is 0 Å². The number of rotatable bonds is 0. The third-order valence-electron chi connectivity index (χ3n) is 0.824. The van der Waals surface area contributed by atoms with Gasteiger partial charge in [-0.3, -0.25) is 9.59 Å². The second-order valence-electron chi connectivity index (χ2n) is 1.60. The molecule has 0 atom stereocenters. The number of nitrogens with zero attached hydrogens (tertiary/aromatic N) is 2. The lowest BCUT2D eigenvalue weighted by Crippen LogP contribution is -1.62. The molecular formula is C9H8Cl2N2O2-2. The molecule has 0 fully saturated rings. The van der Waals surface area contributed by atoms with Crippen molar-refractivity contribution < 1.29 is 9.59 Å². The fourth-order valence-electron chi connectivity index (χ4n) is 0.439. The number of hydrogen-bond donors (Lipinski definition) is 0. The van der Waals surface area contributed by atoms with Crippen molar-refractivity contribution in [3.63, 3.8) is 0 Å². The maximum atomic E-state index is 8.24. The highest BCUT2D eigenvalue weighted by Crippen LogP contribution is 2.19. The van der Waals surface area contributed by atoms with Gasteiger partial charge in [0.2, 0.25) is 0 Å². The van der Waals surface area contributed by atoms with Crippen molar-refractivity contribution in [2.24, 2.45) is 0 Å². The molecule has 82 valence electrons. The Labute approximate surface area is 97.8 Å². The molecule has 0 heterocycles. The van der Waals surface area contributed by atoms with Crippen molar-refractivity contribution in [3.05, 3.63) is 45.1 Å². The van der Waals surface area contributed by atoms with E-state index in [0.29, 0.717) is 22.2 Å². The Morgan fingerprint density at radius 2 is 1.13 bits per heavy atom. The minimum absolute atomic E-state index is 0. The fourth-order valence-corrected chi connectivity index (χ4v) is 0.711. The van der Waals surface area contributed by atoms with Gasteiger partial charge in [-0.15, -0.1) is 0 Å². The summed E-state index contributed by atoms with van der Waals surface area (Å²) < 4.78 is 0. The third kappa shape index (κ3) is 15.3. The normalized spacial score (nSPS) is 6.00. The summed E-state index contributed by atoms with van der Waals surface area (Å²) in [6.45, 7) is 0. The molecule has 0 saturated heterocycles. The first kappa shape index (κ1) is 19.2. The topological polar surface area (TPSA) is 78.7 Å². The number of benzene rings is 1. The smallest absolute Gasteiger partial charge is 0.0592 e. The molecule has 0 aliphatic carbocycles. The molecule has 0 saturated carbocycles. The van der Waals surface area contributed by atoms with Crippen LogP contribution in [0.15, 0.2) is 24.3 Å². The van der Waals surface area contributed by atoms with Crippen LogP contribution >= 0.6 is 23.2 Å². The van der Waals surface area contributed by atoms with E-state index in [1.807, 2.05) is 12.1 Å². The quantitative estimate of drug-likeness (QED) is 0.520. The summed E-state index contributed by atoms with van der Waals surface area (Å²) in [5.74, 6) is 0. The zero-order valence-electron chi connectivity index (χ0n) is 6.78. The van der Waals surface area contributed by atoms with Crippen molar-refractivity contribution in [1.82, 2.24) is 0 Å². The van der Waals surface area contributed by atoms with Crippen LogP contribution < -0.4 is 0 Å². The van der Waals surface area contributed by atoms with Crippen LogP contribution in [0.4, 0.5) is 0 Å². The van der Waals surface area contributed by atoms with Crippen LogP contribution in [0.5, 0.6) is 0 Å². The fraction of sp³-hybridized carbons (Fsp3) is 0.111. The SMILES string of the molecule is C.Clc1ccccc1Cl.[N-]=C=O.[N-]=C=O. The largest absolute Gasteiger partial charge is 0.724 e. The molecule has 1 aromatic rings. The minimum Gasteiger partial charge on any atom is -0.724 e. The number of halogens is 2. The average Bonchev–Trinajstić information content (AvgIpc) is 2.13. The van der Waals surface area contributed by atoms with E-state index < -0.39 is 0 Å². The van der Waals surface area contributed by atoms with Crippen LogP contribution in [0.1, 0.15) is 7.43 Å². The van der Waals surface area contributed by atoms with Crippen molar-refractivity contribution in [2.45, 2.75) is 7.43 Å². The second-order valence-corrected chi connectivity index (χ2v) is 2.41. The van der Waals surface area contributed by atoms with Crippen molar-refractivity contribution in [3.8, 4) is 0 Å². The molecular weight excluding hydrogens is 239 g/mol. The predicted octanol–water partition coefficient (Wildman–Crippen LogP) is 3.41. The van der Waals surface area contributed by atoms with E-state index in [4.69, 9.17) is 43.6 Å². The molecule has 0 N–H and O–H groups in total. The van der Waals surface area contributed by atoms with E-state index >= 15 is 0 Å². The van der Waals surface area contributed by atoms with Gasteiger partial charge in [0.1, 0.15) is 0 Å². The Hall–Kier alpha value is -1.44. The van der Waals surface area contributed by atoms with E-state index in [1.165, 1.54) is 0 Å². The molecule has 0 bridgehead atoms. The van der Waals surface area contributed by atoms with E-state index in [2.05, 4.69) is 0 Å². The molecule has 0 amide bonds. The maximum absolute atomic E-state index is 8.24. The Morgan fingerprint density at radius 1 is 0.933 bits per heavy atom. The highest BCUT2D eigenvalue weighted by molar-refractivity contribution is 6.41. The first-order valence-corrected chi connectivity index (χ1v) is 3.82. The summed E-state index contributed by atoms with van der Waals surface area (Å²) in [7, 11) is 0. The van der Waals surface area contributed by atoms with Gasteiger partial charge in [-0.25, -0.2) is 0 Å². The van der Waals surface area contributed by atoms with Gasteiger partial charge in [0, 0.05) is 0 Å². The molecule has 0 unspecified atom stereocenters. The lowest BCUT2D eigenvalue weighted by atomic mass is 10.4. The van der Waals surface area contributed by atoms with Crippen LogP contribution in [-0.2, 0) is 9.59 Å². The zero-order chi connectivity index (χ0) is 11.4. The standard InChI is InChI=1S/C6H4Cl2.2CNO.CH4/c7-5-3-1-2-4-6(5)8;2*2-1-3;/h1-4H;;;1H4/q;2*-1;. The molecule has 1 aromatic carbocycles. The van der Waals surface area contributed by atoms with Gasteiger partial charge in [0.15, 0.2) is 0 Å². The second kappa shape index (κ2) is 15.1. The molecule has 0 spiro atoms. The Bertz CT molecular complexity index is 298. The molecule has 1 rings (SSSR count). The zero-order valence-corrected chi connectivity index (χ0v) is 8.29. The van der Waals surface area contributed by atoms with Crippen molar-refractivity contribution in [1.29, 1.82) is 0 Å². The molecule has 0 aliphatic heterocycles. The molecule has 15 heavy (non-hydrogen) atoms. The number of carbonyl (C=O) groups excluding carboxylic acids is 2. The van der Waals surface area contributed by atoms with E-state index in [0.717, 1.165) is 0 Å². The van der Waals surface area contributed by atoms with Gasteiger partial charge >= 0.3 is 0 Å². The molecule has 4 nitrogen and oxygen atoms in total. The molecule has 6 heteroatoms. The van der Waals surface area contributed by atoms with E-state index in [-0.39, 0.29) is 7.43 Å². The summed E-state index contributed by atoms with van der Waals surface area (Å²) in [6.07, 6.45) is 1.00. The Morgan fingerprint density at radius 3 is 1.27 bits per heavy atom. The van der Waals surface area contributed by atoms with Crippen molar-refractivity contribution in [2.75, 3.05) is 0 Å². The summed E-state index contributed by atoms with van der Waals surface area (Å²) in [5.41, 5.74) is 0. The van der Waals surface area contributed by atoms with Gasteiger partial charge in [0.05, 0.1) is 10.0 Å². The van der Waals surface area contributed by atoms with Crippen LogP contribution in [-0.4, -0.2) is 12.2 Å². The summed E-state index contributed by atoms with van der Waals surface area (Å²) in [6, 6.07) is 7.19. The first-order valence-electron chi connectivity index (χ1n) is 3.06. The lowest BCUT2D eigenvalue weighted by molar-refractivity contribution is 0.568.